The number of phenolic OH excluding ortho intramolecular Hbond substituents is 1. The predicted octanol–water partition coefficient (Wildman–Crippen LogP) is 5.00. The molecular weight excluding hydrogens is 307 g/mol. The van der Waals surface area contributed by atoms with Crippen LogP contribution in [0.25, 0.3) is 10.9 Å². The van der Waals surface area contributed by atoms with Crippen LogP contribution in [0.4, 0.5) is 5.69 Å². The number of para-hydroxylation sites is 1. The van der Waals surface area contributed by atoms with Crippen molar-refractivity contribution in [2.75, 3.05) is 0 Å². The first-order valence-electron chi connectivity index (χ1n) is 6.20. The number of pyridine rings is 1. The normalized spacial score (nSPS) is 11.3. The maximum Gasteiger partial charge on any atom is 0.143 e. The highest BCUT2D eigenvalue weighted by molar-refractivity contribution is 6.36. The average Bonchev–Trinajstić information content (AvgIpc) is 2.49. The van der Waals surface area contributed by atoms with Crippen molar-refractivity contribution in [1.82, 2.24) is 4.98 Å². The van der Waals surface area contributed by atoms with E-state index in [4.69, 9.17) is 23.2 Å². The Hall–Kier alpha value is -2.10. The minimum Gasteiger partial charge on any atom is -0.506 e. The molecule has 3 nitrogen and oxygen atoms in total. The summed E-state index contributed by atoms with van der Waals surface area (Å²) >= 11 is 11.8. The van der Waals surface area contributed by atoms with Gasteiger partial charge in [-0.2, -0.15) is 0 Å². The Morgan fingerprint density at radius 2 is 1.90 bits per heavy atom. The largest absolute Gasteiger partial charge is 0.506 e. The van der Waals surface area contributed by atoms with Crippen LogP contribution in [0.3, 0.4) is 0 Å². The van der Waals surface area contributed by atoms with E-state index in [1.807, 2.05) is 30.3 Å². The molecule has 5 heteroatoms. The number of aromatic hydroxyl groups is 1. The van der Waals surface area contributed by atoms with Gasteiger partial charge in [-0.3, -0.25) is 9.98 Å². The monoisotopic (exact) mass is 316 g/mol. The van der Waals surface area contributed by atoms with Gasteiger partial charge >= 0.3 is 0 Å². The van der Waals surface area contributed by atoms with E-state index in [9.17, 15) is 5.11 Å². The van der Waals surface area contributed by atoms with Gasteiger partial charge in [-0.05, 0) is 24.3 Å². The zero-order valence-electron chi connectivity index (χ0n) is 10.8. The number of hydrogen-bond donors (Lipinski definition) is 1. The number of fused-ring (bicyclic) bond motifs is 1. The summed E-state index contributed by atoms with van der Waals surface area (Å²) < 4.78 is 0. The molecule has 2 aromatic carbocycles. The number of phenols is 1. The van der Waals surface area contributed by atoms with E-state index in [2.05, 4.69) is 9.98 Å². The molecule has 0 aliphatic rings. The van der Waals surface area contributed by atoms with E-state index in [1.54, 1.807) is 12.3 Å². The Balaban J connectivity index is 1.98. The first-order valence-corrected chi connectivity index (χ1v) is 6.96. The first-order chi connectivity index (χ1) is 10.1. The van der Waals surface area contributed by atoms with E-state index in [-0.39, 0.29) is 10.8 Å². The predicted molar refractivity (Wildman–Crippen MR) is 87.1 cm³/mol. The molecule has 0 atom stereocenters. The summed E-state index contributed by atoms with van der Waals surface area (Å²) in [5.41, 5.74) is 2.05. The zero-order chi connectivity index (χ0) is 14.8. The van der Waals surface area contributed by atoms with Crippen LogP contribution in [0.2, 0.25) is 10.0 Å². The second-order valence-electron chi connectivity index (χ2n) is 4.47. The zero-order valence-corrected chi connectivity index (χ0v) is 12.3. The van der Waals surface area contributed by atoms with Crippen LogP contribution >= 0.6 is 23.2 Å². The standard InChI is InChI=1S/C16H10Cl2N2O/c17-12-5-11(16(21)14(18)7-12)8-19-13-6-10-3-1-2-4-15(10)20-9-13/h1-9,21H. The van der Waals surface area contributed by atoms with Crippen molar-refractivity contribution in [2.24, 2.45) is 4.99 Å². The van der Waals surface area contributed by atoms with Crippen LogP contribution in [-0.2, 0) is 0 Å². The fraction of sp³-hybridized carbons (Fsp3) is 0. The lowest BCUT2D eigenvalue weighted by atomic mass is 10.2. The molecule has 21 heavy (non-hydrogen) atoms. The van der Waals surface area contributed by atoms with E-state index in [0.717, 1.165) is 10.9 Å². The summed E-state index contributed by atoms with van der Waals surface area (Å²) in [6.07, 6.45) is 3.18. The van der Waals surface area contributed by atoms with E-state index >= 15 is 0 Å². The minimum atomic E-state index is -0.0430. The topological polar surface area (TPSA) is 45.5 Å². The molecule has 0 bridgehead atoms. The average molecular weight is 317 g/mol. The molecule has 0 aliphatic heterocycles. The van der Waals surface area contributed by atoms with Crippen molar-refractivity contribution in [2.45, 2.75) is 0 Å². The van der Waals surface area contributed by atoms with Crippen LogP contribution in [0.1, 0.15) is 5.56 Å². The van der Waals surface area contributed by atoms with Crippen molar-refractivity contribution in [3.63, 3.8) is 0 Å². The van der Waals surface area contributed by atoms with Gasteiger partial charge in [0.1, 0.15) is 5.75 Å². The van der Waals surface area contributed by atoms with Gasteiger partial charge < -0.3 is 5.11 Å². The highest BCUT2D eigenvalue weighted by Gasteiger charge is 2.06. The van der Waals surface area contributed by atoms with Crippen molar-refractivity contribution in [1.29, 1.82) is 0 Å². The van der Waals surface area contributed by atoms with Gasteiger partial charge in [0.05, 0.1) is 22.4 Å². The van der Waals surface area contributed by atoms with Crippen molar-refractivity contribution in [3.05, 3.63) is 64.3 Å². The molecule has 3 aromatic rings. The van der Waals surface area contributed by atoms with Gasteiger partial charge in [0.2, 0.25) is 0 Å². The van der Waals surface area contributed by atoms with Crippen LogP contribution in [0.15, 0.2) is 53.7 Å². The second-order valence-corrected chi connectivity index (χ2v) is 5.31. The third-order valence-electron chi connectivity index (χ3n) is 2.99. The van der Waals surface area contributed by atoms with Gasteiger partial charge in [-0.1, -0.05) is 41.4 Å². The Morgan fingerprint density at radius 1 is 1.10 bits per heavy atom. The third-order valence-corrected chi connectivity index (χ3v) is 3.49. The Bertz CT molecular complexity index is 847. The molecule has 0 spiro atoms. The molecular formula is C16H10Cl2N2O. The molecule has 0 unspecified atom stereocenters. The van der Waals surface area contributed by atoms with E-state index < -0.39 is 0 Å². The van der Waals surface area contributed by atoms with Crippen molar-refractivity contribution < 1.29 is 5.11 Å². The van der Waals surface area contributed by atoms with E-state index in [1.165, 1.54) is 12.3 Å². The molecule has 0 radical (unpaired) electrons. The number of rotatable bonds is 2. The van der Waals surface area contributed by atoms with Gasteiger partial charge in [0, 0.05) is 22.2 Å². The summed E-state index contributed by atoms with van der Waals surface area (Å²) in [7, 11) is 0. The Labute approximate surface area is 131 Å². The molecule has 3 rings (SSSR count). The molecule has 104 valence electrons. The Kier molecular flexibility index (Phi) is 3.78. The fourth-order valence-electron chi connectivity index (χ4n) is 1.96. The molecule has 0 aliphatic carbocycles. The lowest BCUT2D eigenvalue weighted by molar-refractivity contribution is 0.475. The highest BCUT2D eigenvalue weighted by atomic mass is 35.5. The van der Waals surface area contributed by atoms with Crippen molar-refractivity contribution >= 4 is 46.0 Å². The lowest BCUT2D eigenvalue weighted by Gasteiger charge is -2.02. The number of nitrogens with zero attached hydrogens (tertiary/aromatic N) is 2. The fourth-order valence-corrected chi connectivity index (χ4v) is 2.47. The van der Waals surface area contributed by atoms with E-state index in [0.29, 0.717) is 16.3 Å². The third kappa shape index (κ3) is 2.99. The quantitative estimate of drug-likeness (QED) is 0.676. The first kappa shape index (κ1) is 13.9. The molecule has 0 saturated heterocycles. The minimum absolute atomic E-state index is 0.0430. The second kappa shape index (κ2) is 5.72. The number of benzene rings is 2. The highest BCUT2D eigenvalue weighted by Crippen LogP contribution is 2.30. The van der Waals surface area contributed by atoms with Gasteiger partial charge in [-0.15, -0.1) is 0 Å². The number of aromatic nitrogens is 1. The number of halogens is 2. The van der Waals surface area contributed by atoms with Gasteiger partial charge in [-0.25, -0.2) is 0 Å². The maximum absolute atomic E-state index is 9.87. The van der Waals surface area contributed by atoms with Crippen LogP contribution in [-0.4, -0.2) is 16.3 Å². The van der Waals surface area contributed by atoms with Gasteiger partial charge in [0.15, 0.2) is 0 Å². The molecule has 0 amide bonds. The number of aliphatic imine (C=N–C) groups is 1. The maximum atomic E-state index is 9.87. The summed E-state index contributed by atoms with van der Waals surface area (Å²) in [5.74, 6) is -0.0430. The molecule has 1 heterocycles. The van der Waals surface area contributed by atoms with Crippen LogP contribution in [0.5, 0.6) is 5.75 Å². The molecule has 1 N–H and O–H groups in total. The molecule has 0 fully saturated rings. The van der Waals surface area contributed by atoms with Crippen LogP contribution in [0, 0.1) is 0 Å². The number of hydrogen-bond acceptors (Lipinski definition) is 3. The summed E-state index contributed by atoms with van der Waals surface area (Å²) in [6.45, 7) is 0. The molecule has 1 aromatic heterocycles. The van der Waals surface area contributed by atoms with Crippen LogP contribution < -0.4 is 0 Å². The summed E-state index contributed by atoms with van der Waals surface area (Å²) in [4.78, 5) is 8.63. The van der Waals surface area contributed by atoms with Crippen molar-refractivity contribution in [3.8, 4) is 5.75 Å². The van der Waals surface area contributed by atoms with Gasteiger partial charge in [0.25, 0.3) is 0 Å². The SMILES string of the molecule is Oc1c(Cl)cc(Cl)cc1C=Nc1cnc2ccccc2c1. The Morgan fingerprint density at radius 3 is 2.76 bits per heavy atom. The summed E-state index contributed by atoms with van der Waals surface area (Å²) in [6, 6.07) is 12.8. The smallest absolute Gasteiger partial charge is 0.143 e. The molecule has 0 saturated carbocycles. The lowest BCUT2D eigenvalue weighted by Crippen LogP contribution is -1.84. The summed E-state index contributed by atoms with van der Waals surface area (Å²) in [5, 5.41) is 11.5.